The number of nitrogens with zero attached hydrogens (tertiary/aromatic N) is 2. The van der Waals surface area contributed by atoms with Crippen LogP contribution < -0.4 is 5.32 Å². The fourth-order valence-electron chi connectivity index (χ4n) is 5.37. The molecule has 0 spiro atoms. The van der Waals surface area contributed by atoms with E-state index >= 15 is 0 Å². The van der Waals surface area contributed by atoms with Crippen LogP contribution >= 0.6 is 11.8 Å². The van der Waals surface area contributed by atoms with Crippen molar-refractivity contribution in [2.24, 2.45) is 0 Å². The van der Waals surface area contributed by atoms with Crippen molar-refractivity contribution in [3.63, 3.8) is 0 Å². The summed E-state index contributed by atoms with van der Waals surface area (Å²) in [4.78, 5) is 65.0. The van der Waals surface area contributed by atoms with E-state index in [0.717, 1.165) is 4.90 Å². The topological polar surface area (TPSA) is 166 Å². The van der Waals surface area contributed by atoms with E-state index in [0.29, 0.717) is 5.70 Å². The Morgan fingerprint density at radius 3 is 2.23 bits per heavy atom. The molecule has 0 aromatic rings. The zero-order valence-electron chi connectivity index (χ0n) is 22.7. The number of rotatable bonds is 8. The summed E-state index contributed by atoms with van der Waals surface area (Å²) in [5.41, 5.74) is 0.440. The molecule has 15 heteroatoms. The van der Waals surface area contributed by atoms with Crippen LogP contribution in [0.25, 0.3) is 0 Å². The summed E-state index contributed by atoms with van der Waals surface area (Å²) in [5, 5.41) is 1.53. The Labute approximate surface area is 230 Å². The van der Waals surface area contributed by atoms with Crippen molar-refractivity contribution >= 4 is 51.3 Å². The maximum absolute atomic E-state index is 13.0. The van der Waals surface area contributed by atoms with Crippen molar-refractivity contribution in [2.45, 2.75) is 99.4 Å². The molecule has 0 saturated carbocycles. The molecule has 4 heterocycles. The average Bonchev–Trinajstić information content (AvgIpc) is 3.12. The van der Waals surface area contributed by atoms with E-state index in [1.165, 1.54) is 36.6 Å². The Kier molecular flexibility index (Phi) is 7.24. The molecule has 0 aromatic carbocycles. The molecule has 216 valence electrons. The summed E-state index contributed by atoms with van der Waals surface area (Å²) in [5.74, 6) is -3.15. The van der Waals surface area contributed by atoms with Gasteiger partial charge in [-0.15, -0.1) is 11.8 Å². The molecule has 0 radical (unpaired) electrons. The molecule has 0 aliphatic carbocycles. The first-order chi connectivity index (χ1) is 17.9. The molecule has 0 bridgehead atoms. The zero-order valence-corrected chi connectivity index (χ0v) is 24.4. The van der Waals surface area contributed by atoms with E-state index in [1.807, 2.05) is 0 Å². The Morgan fingerprint density at radius 2 is 1.67 bits per heavy atom. The SMILES string of the molecule is CC(=CC(=O)OC(C)C)N[C@@H]1C(=O)N2[C@@H]1SC(C)(C)[C@@H]2C(=O)OCOC(=O)[C@@H]1N2C(=O)C[C@H]2S(=O)(=O)C1(C)C. The number of sulfone groups is 1. The van der Waals surface area contributed by atoms with E-state index in [9.17, 15) is 32.4 Å². The molecule has 4 fully saturated rings. The van der Waals surface area contributed by atoms with Gasteiger partial charge in [0.15, 0.2) is 9.84 Å². The van der Waals surface area contributed by atoms with Crippen molar-refractivity contribution in [1.29, 1.82) is 0 Å². The highest BCUT2D eigenvalue weighted by Crippen LogP contribution is 2.51. The predicted molar refractivity (Wildman–Crippen MR) is 137 cm³/mol. The van der Waals surface area contributed by atoms with Gasteiger partial charge in [0.2, 0.25) is 18.6 Å². The molecule has 4 saturated heterocycles. The van der Waals surface area contributed by atoms with E-state index in [2.05, 4.69) is 5.32 Å². The first-order valence-corrected chi connectivity index (χ1v) is 14.9. The fraction of sp³-hybridized carbons (Fsp3) is 0.708. The quantitative estimate of drug-likeness (QED) is 0.176. The fourth-order valence-corrected chi connectivity index (χ4v) is 9.11. The second-order valence-corrected chi connectivity index (χ2v) is 15.7. The number of carbonyl (C=O) groups excluding carboxylic acids is 5. The van der Waals surface area contributed by atoms with Crippen LogP contribution in [-0.2, 0) is 48.0 Å². The molecule has 5 atom stereocenters. The van der Waals surface area contributed by atoms with Crippen LogP contribution in [0, 0.1) is 0 Å². The van der Waals surface area contributed by atoms with E-state index in [-0.39, 0.29) is 18.4 Å². The molecule has 2 amide bonds. The lowest BCUT2D eigenvalue weighted by molar-refractivity contribution is -0.181. The van der Waals surface area contributed by atoms with Gasteiger partial charge >= 0.3 is 17.9 Å². The lowest BCUT2D eigenvalue weighted by atomic mass is 9.96. The third-order valence-corrected chi connectivity index (χ3v) is 11.7. The van der Waals surface area contributed by atoms with Crippen LogP contribution in [0.4, 0.5) is 0 Å². The van der Waals surface area contributed by atoms with Crippen LogP contribution in [0.2, 0.25) is 0 Å². The minimum Gasteiger partial charge on any atom is -0.460 e. The summed E-state index contributed by atoms with van der Waals surface area (Å²) in [6.45, 7) is 10.6. The first kappa shape index (κ1) is 29.2. The number of β-lactam (4-membered cyclic amide) rings is 2. The average molecular weight is 588 g/mol. The van der Waals surface area contributed by atoms with Gasteiger partial charge in [-0.2, -0.15) is 0 Å². The molecule has 13 nitrogen and oxygen atoms in total. The minimum absolute atomic E-state index is 0.183. The Hall–Kier alpha value is -2.81. The van der Waals surface area contributed by atoms with E-state index < -0.39 is 78.8 Å². The molecule has 4 rings (SSSR count). The molecule has 4 aliphatic rings. The van der Waals surface area contributed by atoms with Crippen molar-refractivity contribution < 1.29 is 46.6 Å². The molecule has 0 unspecified atom stereocenters. The highest BCUT2D eigenvalue weighted by atomic mass is 32.2. The lowest BCUT2D eigenvalue weighted by Crippen LogP contribution is -2.69. The maximum Gasteiger partial charge on any atom is 0.333 e. The number of nitrogens with one attached hydrogen (secondary N) is 1. The summed E-state index contributed by atoms with van der Waals surface area (Å²) in [6.07, 6.45) is 0.789. The Morgan fingerprint density at radius 1 is 1.08 bits per heavy atom. The summed E-state index contributed by atoms with van der Waals surface area (Å²) < 4.78 is 38.4. The van der Waals surface area contributed by atoms with Gasteiger partial charge in [-0.3, -0.25) is 9.59 Å². The van der Waals surface area contributed by atoms with Gasteiger partial charge < -0.3 is 29.3 Å². The van der Waals surface area contributed by atoms with Gasteiger partial charge in [-0.05, 0) is 48.5 Å². The lowest BCUT2D eigenvalue weighted by Gasteiger charge is -2.44. The van der Waals surface area contributed by atoms with Gasteiger partial charge in [0.1, 0.15) is 28.9 Å². The van der Waals surface area contributed by atoms with Crippen LogP contribution in [-0.4, -0.2) is 99.2 Å². The standard InChI is InChI=1S/C24H33N3O10S2/c1-11(2)37-15(29)8-12(3)25-16-19(30)27-17(23(4,5)38-20(16)27)21(31)35-10-36-22(32)18-24(6,7)39(33,34)14-9-13(28)26(14)18/h8,11,14,16-18,20,25H,9-10H2,1-7H3/t14-,16-,17+,18+,20-/m1/s1. The smallest absolute Gasteiger partial charge is 0.333 e. The minimum atomic E-state index is -3.79. The van der Waals surface area contributed by atoms with Crippen molar-refractivity contribution in [1.82, 2.24) is 15.1 Å². The van der Waals surface area contributed by atoms with Crippen molar-refractivity contribution in [3.05, 3.63) is 11.8 Å². The number of carbonyl (C=O) groups is 5. The second-order valence-electron chi connectivity index (χ2n) is 11.3. The normalized spacial score (nSPS) is 31.6. The number of amides is 2. The monoisotopic (exact) mass is 587 g/mol. The largest absolute Gasteiger partial charge is 0.460 e. The number of allylic oxidation sites excluding steroid dienone is 1. The summed E-state index contributed by atoms with van der Waals surface area (Å²) in [6, 6.07) is -2.99. The second kappa shape index (κ2) is 9.68. The maximum atomic E-state index is 13.0. The number of hydrogen-bond acceptors (Lipinski definition) is 12. The van der Waals surface area contributed by atoms with Crippen molar-refractivity contribution in [2.75, 3.05) is 6.79 Å². The van der Waals surface area contributed by atoms with Gasteiger partial charge in [-0.25, -0.2) is 22.8 Å². The number of esters is 3. The Balaban J connectivity index is 1.35. The Bertz CT molecular complexity index is 1260. The third kappa shape index (κ3) is 4.66. The summed E-state index contributed by atoms with van der Waals surface area (Å²) in [7, 11) is -3.79. The van der Waals surface area contributed by atoms with Gasteiger partial charge in [0.25, 0.3) is 0 Å². The van der Waals surface area contributed by atoms with Gasteiger partial charge in [0, 0.05) is 16.5 Å². The predicted octanol–water partition coefficient (Wildman–Crippen LogP) is 0.0402. The van der Waals surface area contributed by atoms with Gasteiger partial charge in [0.05, 0.1) is 17.3 Å². The van der Waals surface area contributed by atoms with Crippen molar-refractivity contribution in [3.8, 4) is 0 Å². The molecular weight excluding hydrogens is 554 g/mol. The van der Waals surface area contributed by atoms with Crippen LogP contribution in [0.1, 0.15) is 54.9 Å². The van der Waals surface area contributed by atoms with Crippen LogP contribution in [0.5, 0.6) is 0 Å². The molecule has 39 heavy (non-hydrogen) atoms. The molecule has 4 aliphatic heterocycles. The third-order valence-electron chi connectivity index (χ3n) is 7.33. The zero-order chi connectivity index (χ0) is 29.2. The molecule has 0 aromatic heterocycles. The number of hydrogen-bond donors (Lipinski definition) is 1. The highest BCUT2D eigenvalue weighted by Gasteiger charge is 2.68. The summed E-state index contributed by atoms with van der Waals surface area (Å²) >= 11 is 1.39. The van der Waals surface area contributed by atoms with Crippen LogP contribution in [0.15, 0.2) is 11.8 Å². The molecule has 1 N–H and O–H groups in total. The van der Waals surface area contributed by atoms with E-state index in [1.54, 1.807) is 34.6 Å². The number of thioether (sulfide) groups is 1. The highest BCUT2D eigenvalue weighted by molar-refractivity contribution is 8.01. The number of fused-ring (bicyclic) bond motifs is 2. The molecular formula is C24H33N3O10S2. The van der Waals surface area contributed by atoms with E-state index in [4.69, 9.17) is 14.2 Å². The number of ether oxygens (including phenoxy) is 3. The van der Waals surface area contributed by atoms with Gasteiger partial charge in [-0.1, -0.05) is 0 Å². The first-order valence-electron chi connectivity index (χ1n) is 12.4. The van der Waals surface area contributed by atoms with Crippen LogP contribution in [0.3, 0.4) is 0 Å².